The zero-order valence-electron chi connectivity index (χ0n) is 11.5. The van der Waals surface area contributed by atoms with Crippen LogP contribution in [0.15, 0.2) is 0 Å². The first-order chi connectivity index (χ1) is 8.42. The van der Waals surface area contributed by atoms with Crippen molar-refractivity contribution >= 4 is 11.9 Å². The van der Waals surface area contributed by atoms with E-state index < -0.39 is 0 Å². The van der Waals surface area contributed by atoms with Gasteiger partial charge < -0.3 is 15.5 Å². The maximum atomic E-state index is 12.1. The number of carbonyl (C=O) groups excluding carboxylic acids is 2. The third kappa shape index (κ3) is 2.94. The zero-order valence-corrected chi connectivity index (χ0v) is 11.5. The predicted octanol–water partition coefficient (Wildman–Crippen LogP) is 0.952. The van der Waals surface area contributed by atoms with Crippen LogP contribution in [0.4, 0.5) is 4.79 Å². The lowest BCUT2D eigenvalue weighted by atomic mass is 9.83. The van der Waals surface area contributed by atoms with Crippen molar-refractivity contribution in [3.8, 4) is 0 Å². The van der Waals surface area contributed by atoms with Gasteiger partial charge in [0, 0.05) is 26.6 Å². The maximum absolute atomic E-state index is 12.1. The van der Waals surface area contributed by atoms with Crippen LogP contribution < -0.4 is 10.6 Å². The summed E-state index contributed by atoms with van der Waals surface area (Å²) < 4.78 is 0. The molecule has 1 heterocycles. The fourth-order valence-corrected chi connectivity index (χ4v) is 2.54. The van der Waals surface area contributed by atoms with Crippen molar-refractivity contribution in [3.05, 3.63) is 0 Å². The van der Waals surface area contributed by atoms with Gasteiger partial charge >= 0.3 is 6.03 Å². The smallest absolute Gasteiger partial charge is 0.314 e. The molecule has 3 amide bonds. The average Bonchev–Trinajstić information content (AvgIpc) is 3.04. The highest BCUT2D eigenvalue weighted by Crippen LogP contribution is 2.47. The molecule has 5 heteroatoms. The normalized spacial score (nSPS) is 20.3. The Kier molecular flexibility index (Phi) is 3.50. The fraction of sp³-hybridized carbons (Fsp3) is 0.846. The Balaban J connectivity index is 1.71. The van der Waals surface area contributed by atoms with Crippen LogP contribution in [0.25, 0.3) is 0 Å². The SMILES string of the molecule is CNC(=O)NC1CN(C(=O)CC(C)(C)C2CC2)C1. The minimum atomic E-state index is -0.176. The van der Waals surface area contributed by atoms with E-state index in [1.54, 1.807) is 7.05 Å². The quantitative estimate of drug-likeness (QED) is 0.783. The monoisotopic (exact) mass is 253 g/mol. The van der Waals surface area contributed by atoms with E-state index in [-0.39, 0.29) is 23.4 Å². The van der Waals surface area contributed by atoms with Crippen molar-refractivity contribution in [2.24, 2.45) is 11.3 Å². The number of urea groups is 1. The van der Waals surface area contributed by atoms with Crippen LogP contribution in [-0.4, -0.2) is 43.0 Å². The molecule has 0 radical (unpaired) electrons. The Morgan fingerprint density at radius 1 is 1.28 bits per heavy atom. The van der Waals surface area contributed by atoms with Crippen LogP contribution in [0.1, 0.15) is 33.1 Å². The summed E-state index contributed by atoms with van der Waals surface area (Å²) in [6, 6.07) is -0.0663. The van der Waals surface area contributed by atoms with Crippen LogP contribution >= 0.6 is 0 Å². The number of hydrogen-bond acceptors (Lipinski definition) is 2. The summed E-state index contributed by atoms with van der Waals surface area (Å²) in [5.41, 5.74) is 0.135. The van der Waals surface area contributed by atoms with Crippen LogP contribution in [0.5, 0.6) is 0 Å². The second-order valence-electron chi connectivity index (χ2n) is 6.16. The third-order valence-corrected chi connectivity index (χ3v) is 4.09. The summed E-state index contributed by atoms with van der Waals surface area (Å²) in [5, 5.41) is 5.32. The standard InChI is InChI=1S/C13H23N3O2/c1-13(2,9-4-5-9)6-11(17)16-7-10(8-16)15-12(18)14-3/h9-10H,4-8H2,1-3H3,(H2,14,15,18). The van der Waals surface area contributed by atoms with Crippen LogP contribution in [-0.2, 0) is 4.79 Å². The predicted molar refractivity (Wildman–Crippen MR) is 69.1 cm³/mol. The Morgan fingerprint density at radius 3 is 2.39 bits per heavy atom. The number of nitrogens with zero attached hydrogens (tertiary/aromatic N) is 1. The Hall–Kier alpha value is -1.26. The molecule has 1 saturated carbocycles. The molecular formula is C13H23N3O2. The van der Waals surface area contributed by atoms with Crippen molar-refractivity contribution < 1.29 is 9.59 Å². The molecule has 1 aliphatic heterocycles. The first-order valence-electron chi connectivity index (χ1n) is 6.68. The van der Waals surface area contributed by atoms with Gasteiger partial charge in [-0.25, -0.2) is 4.79 Å². The summed E-state index contributed by atoms with van der Waals surface area (Å²) in [6.45, 7) is 5.66. The molecule has 1 saturated heterocycles. The van der Waals surface area contributed by atoms with E-state index >= 15 is 0 Å². The fourth-order valence-electron chi connectivity index (χ4n) is 2.54. The van der Waals surface area contributed by atoms with Gasteiger partial charge in [0.25, 0.3) is 0 Å². The van der Waals surface area contributed by atoms with Gasteiger partial charge in [0.1, 0.15) is 0 Å². The molecule has 2 N–H and O–H groups in total. The largest absolute Gasteiger partial charge is 0.341 e. The van der Waals surface area contributed by atoms with Crippen molar-refractivity contribution in [1.82, 2.24) is 15.5 Å². The van der Waals surface area contributed by atoms with Gasteiger partial charge in [-0.1, -0.05) is 13.8 Å². The molecule has 0 spiro atoms. The van der Waals surface area contributed by atoms with E-state index in [0.29, 0.717) is 19.5 Å². The van der Waals surface area contributed by atoms with Crippen molar-refractivity contribution in [3.63, 3.8) is 0 Å². The molecule has 0 bridgehead atoms. The summed E-state index contributed by atoms with van der Waals surface area (Å²) in [7, 11) is 1.59. The Morgan fingerprint density at radius 2 is 1.89 bits per heavy atom. The minimum absolute atomic E-state index is 0.109. The number of nitrogens with one attached hydrogen (secondary N) is 2. The Bertz CT molecular complexity index is 344. The summed E-state index contributed by atoms with van der Waals surface area (Å²) in [6.07, 6.45) is 3.16. The molecule has 102 valence electrons. The van der Waals surface area contributed by atoms with E-state index in [2.05, 4.69) is 24.5 Å². The van der Waals surface area contributed by atoms with E-state index in [1.807, 2.05) is 4.90 Å². The lowest BCUT2D eigenvalue weighted by Gasteiger charge is -2.41. The molecule has 5 nitrogen and oxygen atoms in total. The van der Waals surface area contributed by atoms with Crippen LogP contribution in [0.2, 0.25) is 0 Å². The molecule has 0 unspecified atom stereocenters. The molecule has 2 rings (SSSR count). The lowest BCUT2D eigenvalue weighted by molar-refractivity contribution is -0.138. The molecule has 0 aromatic rings. The number of likely N-dealkylation sites (tertiary alicyclic amines) is 1. The van der Waals surface area contributed by atoms with Gasteiger partial charge in [-0.15, -0.1) is 0 Å². The number of rotatable bonds is 4. The number of hydrogen-bond donors (Lipinski definition) is 2. The first-order valence-corrected chi connectivity index (χ1v) is 6.68. The number of carbonyl (C=O) groups is 2. The topological polar surface area (TPSA) is 61.4 Å². The Labute approximate surface area is 108 Å². The van der Waals surface area contributed by atoms with E-state index in [0.717, 1.165) is 5.92 Å². The van der Waals surface area contributed by atoms with Gasteiger partial charge in [0.05, 0.1) is 6.04 Å². The maximum Gasteiger partial charge on any atom is 0.314 e. The number of amides is 3. The minimum Gasteiger partial charge on any atom is -0.341 e. The van der Waals surface area contributed by atoms with Gasteiger partial charge in [0.2, 0.25) is 5.91 Å². The molecule has 0 atom stereocenters. The van der Waals surface area contributed by atoms with E-state index in [4.69, 9.17) is 0 Å². The zero-order chi connectivity index (χ0) is 13.3. The van der Waals surface area contributed by atoms with Gasteiger partial charge in [0.15, 0.2) is 0 Å². The molecule has 1 aliphatic carbocycles. The highest BCUT2D eigenvalue weighted by molar-refractivity contribution is 5.79. The molecule has 0 aromatic heterocycles. The lowest BCUT2D eigenvalue weighted by Crippen LogP contribution is -2.62. The highest BCUT2D eigenvalue weighted by Gasteiger charge is 2.41. The van der Waals surface area contributed by atoms with E-state index in [9.17, 15) is 9.59 Å². The molecule has 0 aromatic carbocycles. The van der Waals surface area contributed by atoms with Crippen LogP contribution in [0, 0.1) is 11.3 Å². The second-order valence-corrected chi connectivity index (χ2v) is 6.16. The highest BCUT2D eigenvalue weighted by atomic mass is 16.2. The summed E-state index contributed by atoms with van der Waals surface area (Å²) in [4.78, 5) is 25.0. The third-order valence-electron chi connectivity index (χ3n) is 4.09. The molecule has 2 aliphatic rings. The van der Waals surface area contributed by atoms with Crippen molar-refractivity contribution in [1.29, 1.82) is 0 Å². The second kappa shape index (κ2) is 4.78. The van der Waals surface area contributed by atoms with Gasteiger partial charge in [-0.2, -0.15) is 0 Å². The van der Waals surface area contributed by atoms with Crippen molar-refractivity contribution in [2.75, 3.05) is 20.1 Å². The van der Waals surface area contributed by atoms with Gasteiger partial charge in [-0.05, 0) is 24.2 Å². The first kappa shape index (κ1) is 13.2. The molecular weight excluding hydrogens is 230 g/mol. The summed E-state index contributed by atoms with van der Waals surface area (Å²) in [5.74, 6) is 0.948. The van der Waals surface area contributed by atoms with Gasteiger partial charge in [-0.3, -0.25) is 4.79 Å². The molecule has 2 fully saturated rings. The van der Waals surface area contributed by atoms with E-state index in [1.165, 1.54) is 12.8 Å². The summed E-state index contributed by atoms with van der Waals surface area (Å²) >= 11 is 0. The van der Waals surface area contributed by atoms with Crippen molar-refractivity contribution in [2.45, 2.75) is 39.2 Å². The average molecular weight is 253 g/mol. The molecule has 18 heavy (non-hydrogen) atoms. The van der Waals surface area contributed by atoms with Crippen LogP contribution in [0.3, 0.4) is 0 Å².